The van der Waals surface area contributed by atoms with Gasteiger partial charge >= 0.3 is 0 Å². The summed E-state index contributed by atoms with van der Waals surface area (Å²) in [6.45, 7) is 0. The lowest BCUT2D eigenvalue weighted by Gasteiger charge is -2.26. The highest BCUT2D eigenvalue weighted by molar-refractivity contribution is 6.21. The molecular weight excluding hydrogens is 687 g/mol. The Hall–Kier alpha value is -7.48. The Morgan fingerprint density at radius 2 is 0.684 bits per heavy atom. The fourth-order valence-electron chi connectivity index (χ4n) is 7.46. The van der Waals surface area contributed by atoms with Gasteiger partial charge in [-0.1, -0.05) is 194 Å². The second-order valence-electron chi connectivity index (χ2n) is 13.5. The van der Waals surface area contributed by atoms with E-state index in [1.807, 2.05) is 78.9 Å². The topological polar surface area (TPSA) is 3.24 Å². The average molecular weight is 739 g/mol. The maximum Gasteiger partial charge on any atom is 0.0645 e. The molecule has 0 aliphatic heterocycles. The summed E-state index contributed by atoms with van der Waals surface area (Å²) in [4.78, 5) is 1.28. The lowest BCUT2D eigenvalue weighted by molar-refractivity contribution is 1.28. The van der Waals surface area contributed by atoms with Gasteiger partial charge in [-0.3, -0.25) is 0 Å². The van der Waals surface area contributed by atoms with E-state index in [1.54, 1.807) is 78.9 Å². The molecule has 0 amide bonds. The Labute approximate surface area is 352 Å². The van der Waals surface area contributed by atoms with E-state index in [1.165, 1.54) is 4.90 Å². The first-order valence-corrected chi connectivity index (χ1v) is 18.5. The summed E-state index contributed by atoms with van der Waals surface area (Å²) in [7, 11) is 0. The Balaban J connectivity index is 1.23. The van der Waals surface area contributed by atoms with Gasteiger partial charge in [-0.15, -0.1) is 0 Å². The molecule has 0 bridgehead atoms. The Kier molecular flexibility index (Phi) is 5.99. The molecule has 10 aromatic rings. The molecule has 1 nitrogen and oxygen atoms in total. The minimum atomic E-state index is -0.499. The van der Waals surface area contributed by atoms with Crippen molar-refractivity contribution in [2.75, 3.05) is 4.90 Å². The zero-order valence-corrected chi connectivity index (χ0v) is 30.5. The van der Waals surface area contributed by atoms with Crippen molar-refractivity contribution in [2.45, 2.75) is 0 Å². The van der Waals surface area contributed by atoms with E-state index < -0.39 is 42.3 Å². The predicted octanol–water partition coefficient (Wildman–Crippen LogP) is 15.8. The highest BCUT2D eigenvalue weighted by Crippen LogP contribution is 2.45. The van der Waals surface area contributed by atoms with Crippen LogP contribution in [0.1, 0.15) is 17.8 Å². The summed E-state index contributed by atoms with van der Waals surface area (Å²) < 4.78 is 119. The fraction of sp³-hybridized carbons (Fsp3) is 0. The summed E-state index contributed by atoms with van der Waals surface area (Å²) in [5.74, 6) is 0. The minimum Gasteiger partial charge on any atom is -0.310 e. The quantitative estimate of drug-likeness (QED) is 0.140. The molecule has 0 heterocycles. The van der Waals surface area contributed by atoms with E-state index in [-0.39, 0.29) is 70.0 Å². The molecule has 1 heteroatoms. The van der Waals surface area contributed by atoms with Gasteiger partial charge in [-0.05, 0) is 120 Å². The molecule has 0 radical (unpaired) electrons. The van der Waals surface area contributed by atoms with Crippen LogP contribution in [0.5, 0.6) is 0 Å². The minimum absolute atomic E-state index is 0.0578. The molecule has 0 aliphatic rings. The Morgan fingerprint density at radius 1 is 0.263 bits per heavy atom. The van der Waals surface area contributed by atoms with Gasteiger partial charge in [0, 0.05) is 17.1 Å². The van der Waals surface area contributed by atoms with Crippen molar-refractivity contribution in [1.82, 2.24) is 0 Å². The SMILES string of the molecule is [2H]c1c([2H])c([2H])c(-c2c(-c3cccc(-c4cccc(N(c5c([2H])c([2H])c(-c6ccccc6)c([2H])c5[2H])c5c([2H])c([2H])c(-c6ccccc6)c([2H])c5[2H])c4)c3)c3ccccc3c3ccccc23)c([2H])c1[2H]. The molecule has 0 aromatic heterocycles. The van der Waals surface area contributed by atoms with Gasteiger partial charge in [0.25, 0.3) is 0 Å². The molecule has 0 N–H and O–H groups in total. The molecular formula is C56H39N. The lowest BCUT2D eigenvalue weighted by Crippen LogP contribution is -2.10. The first-order valence-electron chi connectivity index (χ1n) is 25.0. The maximum atomic E-state index is 9.49. The number of benzene rings is 10. The summed E-state index contributed by atoms with van der Waals surface area (Å²) in [5.41, 5.74) is 3.78. The van der Waals surface area contributed by atoms with Gasteiger partial charge < -0.3 is 4.90 Å². The number of hydrogen-bond donors (Lipinski definition) is 0. The van der Waals surface area contributed by atoms with Crippen LogP contribution in [0, 0.1) is 0 Å². The average Bonchev–Trinajstić information content (AvgIpc) is 3.39. The number of rotatable bonds is 8. The fourth-order valence-corrected chi connectivity index (χ4v) is 7.46. The Bertz CT molecular complexity index is 3570. The van der Waals surface area contributed by atoms with Crippen molar-refractivity contribution in [1.29, 1.82) is 0 Å². The largest absolute Gasteiger partial charge is 0.310 e. The van der Waals surface area contributed by atoms with E-state index in [4.69, 9.17) is 6.85 Å². The molecule has 57 heavy (non-hydrogen) atoms. The molecule has 0 unspecified atom stereocenters. The lowest BCUT2D eigenvalue weighted by atomic mass is 9.84. The molecule has 0 saturated heterocycles. The monoisotopic (exact) mass is 738 g/mol. The van der Waals surface area contributed by atoms with Crippen LogP contribution in [-0.2, 0) is 0 Å². The second kappa shape index (κ2) is 15.0. The molecule has 268 valence electrons. The van der Waals surface area contributed by atoms with Crippen LogP contribution in [-0.4, -0.2) is 0 Å². The third-order valence-corrected chi connectivity index (χ3v) is 10.1. The van der Waals surface area contributed by atoms with Crippen LogP contribution in [0.3, 0.4) is 0 Å². The van der Waals surface area contributed by atoms with Crippen LogP contribution < -0.4 is 4.90 Å². The van der Waals surface area contributed by atoms with Crippen LogP contribution in [0.4, 0.5) is 17.1 Å². The van der Waals surface area contributed by atoms with Crippen LogP contribution in [0.15, 0.2) is 236 Å². The zero-order chi connectivity index (χ0) is 49.3. The Morgan fingerprint density at radius 3 is 1.23 bits per heavy atom. The van der Waals surface area contributed by atoms with Crippen molar-refractivity contribution in [3.05, 3.63) is 236 Å². The molecule has 10 rings (SSSR count). The normalized spacial score (nSPS) is 14.4. The molecule has 0 atom stereocenters. The standard InChI is InChI=1S/C56H39N/c1-4-16-40(17-5-1)42-30-34-48(35-31-42)57(49-36-32-43(33-37-49)41-18-6-2-7-19-41)50-25-15-23-46(39-50)45-22-14-24-47(38-45)56-54-29-13-11-27-52(54)51-26-10-12-28-53(51)55(56)44-20-8-3-9-21-44/h1-39H/i3D,8D,9D,20D,21D,30D,31D,32D,33D,34D,35D,36D,37D. The van der Waals surface area contributed by atoms with Gasteiger partial charge in [-0.2, -0.15) is 0 Å². The second-order valence-corrected chi connectivity index (χ2v) is 13.5. The van der Waals surface area contributed by atoms with Crippen molar-refractivity contribution >= 4 is 38.6 Å². The van der Waals surface area contributed by atoms with Crippen molar-refractivity contribution in [3.63, 3.8) is 0 Å². The van der Waals surface area contributed by atoms with Gasteiger partial charge in [-0.25, -0.2) is 0 Å². The third kappa shape index (κ3) is 6.56. The molecule has 0 aliphatic carbocycles. The summed E-state index contributed by atoms with van der Waals surface area (Å²) in [5, 5.41) is 3.20. The smallest absolute Gasteiger partial charge is 0.0645 e. The maximum absolute atomic E-state index is 9.49. The van der Waals surface area contributed by atoms with Crippen molar-refractivity contribution < 1.29 is 17.8 Å². The van der Waals surface area contributed by atoms with Crippen LogP contribution in [0.2, 0.25) is 0 Å². The van der Waals surface area contributed by atoms with Gasteiger partial charge in [0.05, 0.1) is 17.8 Å². The van der Waals surface area contributed by atoms with E-state index in [9.17, 15) is 11.0 Å². The molecule has 10 aromatic carbocycles. The number of anilines is 3. The predicted molar refractivity (Wildman–Crippen MR) is 243 cm³/mol. The van der Waals surface area contributed by atoms with Gasteiger partial charge in [0.15, 0.2) is 0 Å². The van der Waals surface area contributed by atoms with Crippen molar-refractivity contribution in [3.8, 4) is 55.6 Å². The molecule has 0 spiro atoms. The van der Waals surface area contributed by atoms with Crippen LogP contribution >= 0.6 is 0 Å². The van der Waals surface area contributed by atoms with E-state index >= 15 is 0 Å². The van der Waals surface area contributed by atoms with Crippen molar-refractivity contribution in [2.24, 2.45) is 0 Å². The third-order valence-electron chi connectivity index (χ3n) is 10.1. The highest BCUT2D eigenvalue weighted by atomic mass is 15.1. The summed E-state index contributed by atoms with van der Waals surface area (Å²) >= 11 is 0. The van der Waals surface area contributed by atoms with E-state index in [2.05, 4.69) is 0 Å². The highest BCUT2D eigenvalue weighted by Gasteiger charge is 2.19. The van der Waals surface area contributed by atoms with E-state index in [0.29, 0.717) is 44.3 Å². The molecule has 0 fully saturated rings. The summed E-state index contributed by atoms with van der Waals surface area (Å²) in [6.07, 6.45) is 0. The number of fused-ring (bicyclic) bond motifs is 3. The molecule has 0 saturated carbocycles. The number of hydrogen-bond acceptors (Lipinski definition) is 1. The van der Waals surface area contributed by atoms with Gasteiger partial charge in [0.1, 0.15) is 0 Å². The van der Waals surface area contributed by atoms with E-state index in [0.717, 1.165) is 16.2 Å². The van der Waals surface area contributed by atoms with Crippen LogP contribution in [0.25, 0.3) is 77.2 Å². The zero-order valence-electron chi connectivity index (χ0n) is 43.5. The first kappa shape index (κ1) is 22.8. The number of nitrogens with zero attached hydrogens (tertiary/aromatic N) is 1. The summed E-state index contributed by atoms with van der Waals surface area (Å²) in [6, 6.07) is 41.7. The van der Waals surface area contributed by atoms with Gasteiger partial charge in [0.2, 0.25) is 0 Å². The first-order chi connectivity index (χ1) is 33.7.